The van der Waals surface area contributed by atoms with E-state index in [0.717, 1.165) is 22.4 Å². The van der Waals surface area contributed by atoms with Crippen LogP contribution < -0.4 is 10.00 Å². The third kappa shape index (κ3) is 6.14. The van der Waals surface area contributed by atoms with Crippen molar-refractivity contribution in [3.05, 3.63) is 125 Å². The maximum absolute atomic E-state index is 15.4. The highest BCUT2D eigenvalue weighted by molar-refractivity contribution is 6.31. The van der Waals surface area contributed by atoms with Crippen LogP contribution >= 0.6 is 23.2 Å². The molecule has 0 radical (unpaired) electrons. The number of H-pyrrole nitrogens is 1. The lowest BCUT2D eigenvalue weighted by molar-refractivity contribution is -0.659. The van der Waals surface area contributed by atoms with E-state index in [1.165, 1.54) is 24.2 Å². The molecule has 1 amide bonds. The quantitative estimate of drug-likeness (QED) is 0.187. The number of aromatic amines is 1. The van der Waals surface area contributed by atoms with Crippen molar-refractivity contribution in [1.29, 1.82) is 0 Å². The second-order valence-corrected chi connectivity index (χ2v) is 10.6. The van der Waals surface area contributed by atoms with Gasteiger partial charge in [-0.05, 0) is 53.6 Å². The van der Waals surface area contributed by atoms with Crippen molar-refractivity contribution in [2.75, 3.05) is 12.4 Å². The zero-order valence-corrected chi connectivity index (χ0v) is 24.7. The second kappa shape index (κ2) is 12.6. The van der Waals surface area contributed by atoms with E-state index < -0.39 is 11.9 Å². The molecule has 0 fully saturated rings. The Morgan fingerprint density at radius 2 is 1.77 bits per heavy atom. The summed E-state index contributed by atoms with van der Waals surface area (Å²) in [5.74, 6) is -0.581. The maximum Gasteiger partial charge on any atom is 0.411 e. The lowest BCUT2D eigenvalue weighted by Gasteiger charge is -2.18. The van der Waals surface area contributed by atoms with E-state index in [0.29, 0.717) is 28.4 Å². The van der Waals surface area contributed by atoms with Crippen molar-refractivity contribution in [2.45, 2.75) is 12.5 Å². The monoisotopic (exact) mass is 629 g/mol. The Balaban J connectivity index is 1.34. The van der Waals surface area contributed by atoms with Crippen LogP contribution in [-0.4, -0.2) is 43.5 Å². The van der Waals surface area contributed by atoms with E-state index in [2.05, 4.69) is 30.7 Å². The summed E-state index contributed by atoms with van der Waals surface area (Å²) in [4.78, 5) is 16.3. The molecule has 2 N–H and O–H groups in total. The minimum atomic E-state index is -0.581. The van der Waals surface area contributed by atoms with Crippen LogP contribution in [0.25, 0.3) is 27.9 Å². The number of benzene rings is 3. The number of anilines is 1. The topological polar surface area (TPSA) is 114 Å². The first kappa shape index (κ1) is 29.0. The fourth-order valence-electron chi connectivity index (χ4n) is 4.81. The zero-order chi connectivity index (χ0) is 30.6. The van der Waals surface area contributed by atoms with Crippen LogP contribution in [0.4, 0.5) is 14.9 Å². The zero-order valence-electron chi connectivity index (χ0n) is 23.2. The van der Waals surface area contributed by atoms with Crippen LogP contribution in [0.3, 0.4) is 0 Å². The van der Waals surface area contributed by atoms with Crippen molar-refractivity contribution in [2.24, 2.45) is 0 Å². The van der Waals surface area contributed by atoms with Gasteiger partial charge in [-0.25, -0.2) is 9.18 Å². The SMILES string of the molecule is COC(=O)Nc1ccc(-c2cnn([C@@H](Cc3ccc(Cl)cc3)c3ccc(-c4c(-[n+]5cnn[nH]5)ccc(Cl)c4F)cn3)c2)cc1. The molecule has 3 aromatic carbocycles. The Morgan fingerprint density at radius 1 is 1.00 bits per heavy atom. The average Bonchev–Trinajstić information content (AvgIpc) is 3.76. The van der Waals surface area contributed by atoms with Gasteiger partial charge in [0, 0.05) is 40.7 Å². The highest BCUT2D eigenvalue weighted by atomic mass is 35.5. The molecule has 3 aromatic heterocycles. The summed E-state index contributed by atoms with van der Waals surface area (Å²) >= 11 is 12.3. The van der Waals surface area contributed by atoms with E-state index in [-0.39, 0.29) is 16.6 Å². The predicted molar refractivity (Wildman–Crippen MR) is 163 cm³/mol. The van der Waals surface area contributed by atoms with Gasteiger partial charge in [0.25, 0.3) is 6.33 Å². The molecule has 0 bridgehead atoms. The van der Waals surface area contributed by atoms with Gasteiger partial charge in [0.05, 0.1) is 35.6 Å². The van der Waals surface area contributed by atoms with Gasteiger partial charge in [-0.1, -0.05) is 58.7 Å². The number of hydrogen-bond acceptors (Lipinski definition) is 6. The molecule has 220 valence electrons. The Bertz CT molecular complexity index is 1900. The van der Waals surface area contributed by atoms with Crippen LogP contribution in [0, 0.1) is 5.82 Å². The van der Waals surface area contributed by atoms with Crippen LogP contribution in [-0.2, 0) is 11.2 Å². The fourth-order valence-corrected chi connectivity index (χ4v) is 5.09. The highest BCUT2D eigenvalue weighted by Gasteiger charge is 2.22. The molecular formula is C31H24Cl2FN8O2+. The number of methoxy groups -OCH3 is 1. The second-order valence-electron chi connectivity index (χ2n) is 9.78. The van der Waals surface area contributed by atoms with E-state index in [4.69, 9.17) is 28.2 Å². The smallest absolute Gasteiger partial charge is 0.411 e. The van der Waals surface area contributed by atoms with E-state index >= 15 is 4.39 Å². The summed E-state index contributed by atoms with van der Waals surface area (Å²) in [5.41, 5.74) is 5.42. The lowest BCUT2D eigenvalue weighted by atomic mass is 10.0. The van der Waals surface area contributed by atoms with Gasteiger partial charge in [0.2, 0.25) is 0 Å². The van der Waals surface area contributed by atoms with E-state index in [1.807, 2.05) is 53.3 Å². The first-order chi connectivity index (χ1) is 21.4. The normalized spacial score (nSPS) is 11.7. The molecule has 6 rings (SSSR count). The Hall–Kier alpha value is -5.13. The Kier molecular flexibility index (Phi) is 8.31. The standard InChI is InChI=1S/C31H23Cl2FN8O2/c1-44-31(43)38-24-9-4-20(5-10-24)22-16-37-41(17-22)28(14-19-2-7-23(32)8-3-19)26-12-6-21(15-35-26)29-27(42-18-36-39-40-42)13-11-25(33)30(29)34/h2-13,15-18,28H,14H2,1H3,(H,38,43)/p+1/t28-/m0/s1. The number of carbonyl (C=O) groups excluding carboxylic acids is 1. The molecule has 1 atom stereocenters. The van der Waals surface area contributed by atoms with E-state index in [9.17, 15) is 4.79 Å². The van der Waals surface area contributed by atoms with Gasteiger partial charge in [-0.15, -0.1) is 4.68 Å². The number of hydrogen-bond donors (Lipinski definition) is 2. The number of nitrogens with one attached hydrogen (secondary N) is 2. The molecule has 10 nitrogen and oxygen atoms in total. The minimum absolute atomic E-state index is 0.0142. The average molecular weight is 630 g/mol. The third-order valence-corrected chi connectivity index (χ3v) is 7.58. The summed E-state index contributed by atoms with van der Waals surface area (Å²) in [6, 6.07) is 21.5. The molecule has 3 heterocycles. The van der Waals surface area contributed by atoms with Gasteiger partial charge in [0.15, 0.2) is 11.0 Å². The lowest BCUT2D eigenvalue weighted by Crippen LogP contribution is -2.33. The highest BCUT2D eigenvalue weighted by Crippen LogP contribution is 2.33. The van der Waals surface area contributed by atoms with Crippen molar-refractivity contribution in [3.63, 3.8) is 0 Å². The van der Waals surface area contributed by atoms with Crippen LogP contribution in [0.15, 0.2) is 97.7 Å². The molecule has 13 heteroatoms. The number of tetrazole rings is 1. The van der Waals surface area contributed by atoms with Gasteiger partial charge >= 0.3 is 6.09 Å². The summed E-state index contributed by atoms with van der Waals surface area (Å²) in [6.07, 6.45) is 6.79. The fraction of sp³-hybridized carbons (Fsp3) is 0.0968. The van der Waals surface area contributed by atoms with Crippen molar-refractivity contribution >= 4 is 35.0 Å². The summed E-state index contributed by atoms with van der Waals surface area (Å²) in [7, 11) is 1.31. The van der Waals surface area contributed by atoms with E-state index in [1.54, 1.807) is 36.7 Å². The number of halogens is 3. The number of ether oxygens (including phenoxy) is 1. The van der Waals surface area contributed by atoms with Gasteiger partial charge < -0.3 is 4.74 Å². The summed E-state index contributed by atoms with van der Waals surface area (Å²) in [6.45, 7) is 0. The molecule has 0 saturated carbocycles. The summed E-state index contributed by atoms with van der Waals surface area (Å²) in [5, 5.41) is 18.2. The number of nitrogens with zero attached hydrogens (tertiary/aromatic N) is 6. The molecule has 0 spiro atoms. The predicted octanol–water partition coefficient (Wildman–Crippen LogP) is 6.46. The minimum Gasteiger partial charge on any atom is -0.453 e. The van der Waals surface area contributed by atoms with Crippen molar-refractivity contribution < 1.29 is 18.6 Å². The number of pyridine rings is 1. The molecular weight excluding hydrogens is 606 g/mol. The number of amides is 1. The van der Waals surface area contributed by atoms with Gasteiger partial charge in [0.1, 0.15) is 10.8 Å². The third-order valence-electron chi connectivity index (χ3n) is 7.04. The molecule has 44 heavy (non-hydrogen) atoms. The van der Waals surface area contributed by atoms with Crippen LogP contribution in [0.5, 0.6) is 0 Å². The van der Waals surface area contributed by atoms with Gasteiger partial charge in [-0.3, -0.25) is 15.0 Å². The first-order valence-electron chi connectivity index (χ1n) is 13.4. The van der Waals surface area contributed by atoms with Crippen molar-refractivity contribution in [1.82, 2.24) is 30.3 Å². The summed E-state index contributed by atoms with van der Waals surface area (Å²) < 4.78 is 23.4. The molecule has 6 aromatic rings. The number of rotatable bonds is 8. The Morgan fingerprint density at radius 3 is 2.45 bits per heavy atom. The van der Waals surface area contributed by atoms with Crippen molar-refractivity contribution in [3.8, 4) is 27.9 Å². The molecule has 0 aliphatic heterocycles. The Labute approximate surface area is 261 Å². The van der Waals surface area contributed by atoms with Crippen LogP contribution in [0.2, 0.25) is 10.0 Å². The number of aromatic nitrogens is 7. The molecule has 0 aliphatic rings. The first-order valence-corrected chi connectivity index (χ1v) is 14.1. The number of carbonyl (C=O) groups is 1. The largest absolute Gasteiger partial charge is 0.453 e. The molecule has 0 aliphatic carbocycles. The maximum atomic E-state index is 15.4. The van der Waals surface area contributed by atoms with Crippen LogP contribution in [0.1, 0.15) is 17.3 Å². The molecule has 0 unspecified atom stereocenters. The van der Waals surface area contributed by atoms with Gasteiger partial charge in [-0.2, -0.15) is 5.10 Å². The molecule has 0 saturated heterocycles.